The molecule has 0 aromatic carbocycles. The molecule has 0 bridgehead atoms. The molecule has 0 saturated heterocycles. The van der Waals surface area contributed by atoms with Crippen molar-refractivity contribution in [2.75, 3.05) is 11.9 Å². The largest absolute Gasteiger partial charge is 0.369 e. The van der Waals surface area contributed by atoms with Gasteiger partial charge in [-0.2, -0.15) is 0 Å². The predicted octanol–water partition coefficient (Wildman–Crippen LogP) is 3.41. The molecule has 0 spiro atoms. The Kier molecular flexibility index (Phi) is 5.44. The number of halogens is 1. The Hall–Kier alpha value is -0.390. The number of aryl methyl sites for hydroxylation is 1. The van der Waals surface area contributed by atoms with E-state index in [4.69, 9.17) is 0 Å². The summed E-state index contributed by atoms with van der Waals surface area (Å²) >= 11 is 2.31. The summed E-state index contributed by atoms with van der Waals surface area (Å²) in [6.45, 7) is 9.55. The van der Waals surface area contributed by atoms with Crippen LogP contribution in [0.4, 0.5) is 5.82 Å². The van der Waals surface area contributed by atoms with Gasteiger partial charge in [-0.3, -0.25) is 0 Å². The van der Waals surface area contributed by atoms with Crippen molar-refractivity contribution in [3.05, 3.63) is 15.1 Å². The van der Waals surface area contributed by atoms with E-state index in [1.54, 1.807) is 0 Å². The Morgan fingerprint density at radius 2 is 2.00 bits per heavy atom. The summed E-state index contributed by atoms with van der Waals surface area (Å²) in [6.07, 6.45) is 2.05. The van der Waals surface area contributed by atoms with Crippen LogP contribution in [-0.2, 0) is 6.42 Å². The highest BCUT2D eigenvalue weighted by atomic mass is 127. The normalized spacial score (nSPS) is 10.9. The quantitative estimate of drug-likeness (QED) is 0.839. The Morgan fingerprint density at radius 3 is 2.56 bits per heavy atom. The van der Waals surface area contributed by atoms with E-state index >= 15 is 0 Å². The van der Waals surface area contributed by atoms with Gasteiger partial charge in [0.2, 0.25) is 0 Å². The smallest absolute Gasteiger partial charge is 0.143 e. The van der Waals surface area contributed by atoms with E-state index in [2.05, 4.69) is 58.6 Å². The Labute approximate surface area is 112 Å². The summed E-state index contributed by atoms with van der Waals surface area (Å²) in [5, 5.41) is 3.36. The molecule has 0 amide bonds. The van der Waals surface area contributed by atoms with E-state index in [1.165, 1.54) is 0 Å². The first-order valence-corrected chi connectivity index (χ1v) is 6.89. The number of nitrogens with one attached hydrogen (secondary N) is 1. The molecule has 1 aromatic rings. The van der Waals surface area contributed by atoms with Gasteiger partial charge in [0, 0.05) is 13.0 Å². The van der Waals surface area contributed by atoms with Crippen molar-refractivity contribution >= 4 is 28.4 Å². The second kappa shape index (κ2) is 6.37. The fourth-order valence-electron chi connectivity index (χ4n) is 1.43. The van der Waals surface area contributed by atoms with Gasteiger partial charge in [-0.1, -0.05) is 20.8 Å². The summed E-state index contributed by atoms with van der Waals surface area (Å²) in [5.41, 5.74) is 1.07. The van der Waals surface area contributed by atoms with Gasteiger partial charge in [0.1, 0.15) is 11.6 Å². The maximum absolute atomic E-state index is 4.58. The summed E-state index contributed by atoms with van der Waals surface area (Å²) in [4.78, 5) is 9.10. The minimum atomic E-state index is 0.596. The molecule has 16 heavy (non-hydrogen) atoms. The third kappa shape index (κ3) is 3.88. The van der Waals surface area contributed by atoms with Gasteiger partial charge in [0.15, 0.2) is 0 Å². The van der Waals surface area contributed by atoms with Gasteiger partial charge in [-0.15, -0.1) is 0 Å². The maximum Gasteiger partial charge on any atom is 0.143 e. The second-order valence-electron chi connectivity index (χ2n) is 4.41. The molecule has 0 aliphatic carbocycles. The highest BCUT2D eigenvalue weighted by Crippen LogP contribution is 2.19. The molecule has 0 radical (unpaired) electrons. The first kappa shape index (κ1) is 13.7. The van der Waals surface area contributed by atoms with E-state index in [0.717, 1.165) is 40.3 Å². The monoisotopic (exact) mass is 333 g/mol. The maximum atomic E-state index is 4.58. The summed E-state index contributed by atoms with van der Waals surface area (Å²) in [7, 11) is 0. The van der Waals surface area contributed by atoms with Crippen LogP contribution in [-0.4, -0.2) is 16.5 Å². The Bertz CT molecular complexity index is 350. The molecular weight excluding hydrogens is 313 g/mol. The van der Waals surface area contributed by atoms with Crippen molar-refractivity contribution in [3.63, 3.8) is 0 Å². The topological polar surface area (TPSA) is 37.8 Å². The van der Waals surface area contributed by atoms with Crippen LogP contribution in [0.25, 0.3) is 0 Å². The van der Waals surface area contributed by atoms with Crippen molar-refractivity contribution in [3.8, 4) is 0 Å². The molecule has 3 nitrogen and oxygen atoms in total. The lowest BCUT2D eigenvalue weighted by Crippen LogP contribution is -2.10. The van der Waals surface area contributed by atoms with Crippen LogP contribution in [0, 0.1) is 16.4 Å². The van der Waals surface area contributed by atoms with Crippen LogP contribution in [0.3, 0.4) is 0 Å². The summed E-state index contributed by atoms with van der Waals surface area (Å²) in [5.74, 6) is 2.54. The van der Waals surface area contributed by atoms with Gasteiger partial charge in [0.05, 0.1) is 9.26 Å². The molecule has 0 saturated carbocycles. The Balaban J connectivity index is 2.92. The fourth-order valence-corrected chi connectivity index (χ4v) is 1.87. The molecule has 90 valence electrons. The van der Waals surface area contributed by atoms with Crippen LogP contribution in [0.15, 0.2) is 0 Å². The van der Waals surface area contributed by atoms with Crippen LogP contribution < -0.4 is 5.32 Å². The molecule has 0 atom stereocenters. The zero-order valence-corrected chi connectivity index (χ0v) is 12.6. The third-order valence-corrected chi connectivity index (χ3v) is 3.49. The van der Waals surface area contributed by atoms with Crippen molar-refractivity contribution in [1.82, 2.24) is 9.97 Å². The molecule has 4 heteroatoms. The van der Waals surface area contributed by atoms with Crippen LogP contribution in [0.1, 0.15) is 38.7 Å². The number of nitrogens with zero attached hydrogens (tertiary/aromatic N) is 2. The minimum absolute atomic E-state index is 0.596. The molecule has 0 fully saturated rings. The molecule has 1 heterocycles. The lowest BCUT2D eigenvalue weighted by Gasteiger charge is -2.11. The van der Waals surface area contributed by atoms with E-state index in [9.17, 15) is 0 Å². The lowest BCUT2D eigenvalue weighted by molar-refractivity contribution is 0.618. The number of hydrogen-bond acceptors (Lipinski definition) is 3. The highest BCUT2D eigenvalue weighted by Gasteiger charge is 2.09. The van der Waals surface area contributed by atoms with Crippen molar-refractivity contribution < 1.29 is 0 Å². The molecule has 0 unspecified atom stereocenters. The van der Waals surface area contributed by atoms with Gasteiger partial charge in [-0.25, -0.2) is 9.97 Å². The fraction of sp³-hybridized carbons (Fsp3) is 0.667. The molecule has 0 aliphatic rings. The molecule has 1 rings (SSSR count). The van der Waals surface area contributed by atoms with Crippen LogP contribution >= 0.6 is 22.6 Å². The SMILES string of the molecule is CCCNc1nc(CC(C)C)nc(C)c1I. The number of aromatic nitrogens is 2. The standard InChI is InChI=1S/C12H20IN3/c1-5-6-14-12-11(13)9(4)15-10(16-12)7-8(2)3/h8H,5-7H2,1-4H3,(H,14,15,16). The summed E-state index contributed by atoms with van der Waals surface area (Å²) < 4.78 is 1.14. The van der Waals surface area contributed by atoms with E-state index in [-0.39, 0.29) is 0 Å². The zero-order valence-electron chi connectivity index (χ0n) is 10.5. The average molecular weight is 333 g/mol. The van der Waals surface area contributed by atoms with E-state index in [1.807, 2.05) is 6.92 Å². The van der Waals surface area contributed by atoms with Crippen molar-refractivity contribution in [2.24, 2.45) is 5.92 Å². The molecular formula is C12H20IN3. The van der Waals surface area contributed by atoms with Gasteiger partial charge < -0.3 is 5.32 Å². The molecule has 0 aliphatic heterocycles. The predicted molar refractivity (Wildman–Crippen MR) is 76.8 cm³/mol. The third-order valence-electron chi connectivity index (χ3n) is 2.20. The number of hydrogen-bond donors (Lipinski definition) is 1. The van der Waals surface area contributed by atoms with Crippen molar-refractivity contribution in [1.29, 1.82) is 0 Å². The number of rotatable bonds is 5. The summed E-state index contributed by atoms with van der Waals surface area (Å²) in [6, 6.07) is 0. The minimum Gasteiger partial charge on any atom is -0.369 e. The zero-order chi connectivity index (χ0) is 12.1. The first-order chi connectivity index (χ1) is 7.54. The van der Waals surface area contributed by atoms with Crippen molar-refractivity contribution in [2.45, 2.75) is 40.5 Å². The van der Waals surface area contributed by atoms with Gasteiger partial charge in [0.25, 0.3) is 0 Å². The molecule has 1 aromatic heterocycles. The van der Waals surface area contributed by atoms with Gasteiger partial charge in [-0.05, 0) is 41.9 Å². The van der Waals surface area contributed by atoms with Gasteiger partial charge >= 0.3 is 0 Å². The second-order valence-corrected chi connectivity index (χ2v) is 5.49. The lowest BCUT2D eigenvalue weighted by atomic mass is 10.1. The number of anilines is 1. The highest BCUT2D eigenvalue weighted by molar-refractivity contribution is 14.1. The Morgan fingerprint density at radius 1 is 1.31 bits per heavy atom. The van der Waals surface area contributed by atoms with Crippen LogP contribution in [0.5, 0.6) is 0 Å². The average Bonchev–Trinajstić information content (AvgIpc) is 2.20. The van der Waals surface area contributed by atoms with E-state index in [0.29, 0.717) is 5.92 Å². The van der Waals surface area contributed by atoms with E-state index < -0.39 is 0 Å². The van der Waals surface area contributed by atoms with Crippen LogP contribution in [0.2, 0.25) is 0 Å². The molecule has 1 N–H and O–H groups in total. The first-order valence-electron chi connectivity index (χ1n) is 5.81.